The van der Waals surface area contributed by atoms with E-state index in [1.165, 1.54) is 0 Å². The van der Waals surface area contributed by atoms with Crippen LogP contribution < -0.4 is 10.6 Å². The standard InChI is InChI=1S/C26H31O2P/c1-25(2,3)22-13-10-14-23(26(4,5)6)24(22)29(27,28)21-17-15-20(16-18-21)19-11-8-7-9-12-19/h7-18H,1-6H3,(H,27,28). The van der Waals surface area contributed by atoms with Crippen LogP contribution in [0.3, 0.4) is 0 Å². The van der Waals surface area contributed by atoms with Crippen LogP contribution in [0.25, 0.3) is 11.1 Å². The van der Waals surface area contributed by atoms with Crippen LogP contribution in [0.2, 0.25) is 0 Å². The predicted octanol–water partition coefficient (Wildman–Crippen LogP) is 6.17. The molecule has 3 rings (SSSR count). The van der Waals surface area contributed by atoms with Crippen LogP contribution in [0.1, 0.15) is 52.7 Å². The summed E-state index contributed by atoms with van der Waals surface area (Å²) in [6, 6.07) is 23.5. The third kappa shape index (κ3) is 4.39. The zero-order valence-electron chi connectivity index (χ0n) is 18.2. The van der Waals surface area contributed by atoms with Crippen molar-refractivity contribution in [3.63, 3.8) is 0 Å². The first kappa shape index (κ1) is 21.6. The highest BCUT2D eigenvalue weighted by molar-refractivity contribution is 7.73. The monoisotopic (exact) mass is 406 g/mol. The van der Waals surface area contributed by atoms with Crippen LogP contribution in [0.15, 0.2) is 72.8 Å². The maximum absolute atomic E-state index is 14.0. The highest BCUT2D eigenvalue weighted by atomic mass is 31.2. The average molecular weight is 407 g/mol. The van der Waals surface area contributed by atoms with E-state index in [0.29, 0.717) is 10.6 Å². The summed E-state index contributed by atoms with van der Waals surface area (Å²) in [5, 5.41) is 1.06. The second-order valence-corrected chi connectivity index (χ2v) is 11.8. The lowest BCUT2D eigenvalue weighted by Gasteiger charge is -2.32. The highest BCUT2D eigenvalue weighted by Crippen LogP contribution is 2.45. The molecule has 0 fully saturated rings. The van der Waals surface area contributed by atoms with E-state index in [2.05, 4.69) is 41.5 Å². The Balaban J connectivity index is 2.18. The topological polar surface area (TPSA) is 37.3 Å². The van der Waals surface area contributed by atoms with Crippen molar-refractivity contribution in [3.8, 4) is 11.1 Å². The molecule has 0 aliphatic heterocycles. The van der Waals surface area contributed by atoms with Gasteiger partial charge in [0.1, 0.15) is 0 Å². The van der Waals surface area contributed by atoms with Gasteiger partial charge in [-0.25, -0.2) is 0 Å². The molecule has 0 spiro atoms. The molecule has 2 nitrogen and oxygen atoms in total. The van der Waals surface area contributed by atoms with Gasteiger partial charge in [-0.2, -0.15) is 0 Å². The summed E-state index contributed by atoms with van der Waals surface area (Å²) in [7, 11) is -3.78. The minimum absolute atomic E-state index is 0.237. The summed E-state index contributed by atoms with van der Waals surface area (Å²) in [4.78, 5) is 11.5. The first-order valence-corrected chi connectivity index (χ1v) is 11.7. The Morgan fingerprint density at radius 3 is 1.52 bits per heavy atom. The molecule has 1 atom stereocenters. The van der Waals surface area contributed by atoms with Crippen LogP contribution in [0, 0.1) is 0 Å². The van der Waals surface area contributed by atoms with Crippen molar-refractivity contribution in [2.75, 3.05) is 0 Å². The largest absolute Gasteiger partial charge is 0.338 e. The minimum atomic E-state index is -3.78. The summed E-state index contributed by atoms with van der Waals surface area (Å²) in [5.74, 6) is 0. The van der Waals surface area contributed by atoms with E-state index in [1.54, 1.807) is 12.1 Å². The molecule has 0 heterocycles. The lowest BCUT2D eigenvalue weighted by atomic mass is 9.80. The molecule has 0 amide bonds. The van der Waals surface area contributed by atoms with Gasteiger partial charge in [-0.1, -0.05) is 102 Å². The van der Waals surface area contributed by atoms with E-state index in [1.807, 2.05) is 60.7 Å². The van der Waals surface area contributed by atoms with E-state index in [-0.39, 0.29) is 10.8 Å². The van der Waals surface area contributed by atoms with Crippen LogP contribution in [0.5, 0.6) is 0 Å². The second kappa shape index (κ2) is 7.59. The molecule has 0 saturated carbocycles. The van der Waals surface area contributed by atoms with Crippen LogP contribution in [-0.2, 0) is 15.4 Å². The SMILES string of the molecule is CC(C)(C)c1cccc(C(C)(C)C)c1P(=O)(O)c1ccc(-c2ccccc2)cc1. The lowest BCUT2D eigenvalue weighted by molar-refractivity contribution is 0.496. The van der Waals surface area contributed by atoms with Crippen molar-refractivity contribution in [2.45, 2.75) is 52.4 Å². The fourth-order valence-electron chi connectivity index (χ4n) is 3.70. The van der Waals surface area contributed by atoms with Crippen molar-refractivity contribution in [1.82, 2.24) is 0 Å². The Bertz CT molecular complexity index is 1000. The zero-order valence-corrected chi connectivity index (χ0v) is 19.1. The molecule has 0 aliphatic carbocycles. The van der Waals surface area contributed by atoms with Crippen LogP contribution >= 0.6 is 7.37 Å². The highest BCUT2D eigenvalue weighted by Gasteiger charge is 2.36. The van der Waals surface area contributed by atoms with E-state index < -0.39 is 7.37 Å². The molecule has 0 aromatic heterocycles. The Morgan fingerprint density at radius 2 is 1.07 bits per heavy atom. The van der Waals surface area contributed by atoms with Gasteiger partial charge in [0, 0.05) is 10.6 Å². The molecule has 1 N–H and O–H groups in total. The molecule has 1 unspecified atom stereocenters. The molecule has 3 heteroatoms. The Morgan fingerprint density at radius 1 is 0.621 bits per heavy atom. The maximum atomic E-state index is 14.0. The van der Waals surface area contributed by atoms with Gasteiger partial charge in [0.05, 0.1) is 0 Å². The Hall–Kier alpha value is -2.15. The molecule has 0 radical (unpaired) electrons. The number of rotatable bonds is 3. The first-order valence-electron chi connectivity index (χ1n) is 10.1. The van der Waals surface area contributed by atoms with Crippen molar-refractivity contribution >= 4 is 18.0 Å². The number of hydrogen-bond acceptors (Lipinski definition) is 1. The van der Waals surface area contributed by atoms with Gasteiger partial charge in [0.2, 0.25) is 0 Å². The molecule has 0 saturated heterocycles. The van der Waals surface area contributed by atoms with Crippen molar-refractivity contribution < 1.29 is 9.46 Å². The van der Waals surface area contributed by atoms with E-state index in [9.17, 15) is 9.46 Å². The molecule has 3 aromatic rings. The number of hydrogen-bond donors (Lipinski definition) is 1. The fraction of sp³-hybridized carbons (Fsp3) is 0.308. The van der Waals surface area contributed by atoms with Crippen LogP contribution in [-0.4, -0.2) is 4.89 Å². The predicted molar refractivity (Wildman–Crippen MR) is 125 cm³/mol. The summed E-state index contributed by atoms with van der Waals surface area (Å²) < 4.78 is 14.0. The third-order valence-electron chi connectivity index (χ3n) is 5.28. The van der Waals surface area contributed by atoms with Gasteiger partial charge in [-0.15, -0.1) is 0 Å². The molecule has 3 aromatic carbocycles. The van der Waals surface area contributed by atoms with E-state index in [4.69, 9.17) is 0 Å². The van der Waals surface area contributed by atoms with Crippen LogP contribution in [0.4, 0.5) is 0 Å². The van der Waals surface area contributed by atoms with E-state index in [0.717, 1.165) is 22.3 Å². The minimum Gasteiger partial charge on any atom is -0.338 e. The molecular formula is C26H31O2P. The summed E-state index contributed by atoms with van der Waals surface area (Å²) >= 11 is 0. The van der Waals surface area contributed by atoms with E-state index >= 15 is 0 Å². The smallest absolute Gasteiger partial charge is 0.259 e. The summed E-state index contributed by atoms with van der Waals surface area (Å²) in [5.41, 5.74) is 3.52. The van der Waals surface area contributed by atoms with Gasteiger partial charge in [0.15, 0.2) is 0 Å². The average Bonchev–Trinajstić information content (AvgIpc) is 2.67. The molecule has 0 bridgehead atoms. The van der Waals surface area contributed by atoms with Gasteiger partial charge >= 0.3 is 0 Å². The van der Waals surface area contributed by atoms with Crippen molar-refractivity contribution in [1.29, 1.82) is 0 Å². The quantitative estimate of drug-likeness (QED) is 0.528. The number of benzene rings is 3. The zero-order chi connectivity index (χ0) is 21.4. The van der Waals surface area contributed by atoms with Gasteiger partial charge in [-0.3, -0.25) is 4.57 Å². The lowest BCUT2D eigenvalue weighted by Crippen LogP contribution is -2.33. The molecule has 29 heavy (non-hydrogen) atoms. The summed E-state index contributed by atoms with van der Waals surface area (Å²) in [6.45, 7) is 12.6. The molecule has 0 aliphatic rings. The molecular weight excluding hydrogens is 375 g/mol. The van der Waals surface area contributed by atoms with Crippen molar-refractivity contribution in [3.05, 3.63) is 83.9 Å². The normalized spacial score (nSPS) is 14.4. The van der Waals surface area contributed by atoms with Gasteiger partial charge in [0.25, 0.3) is 7.37 Å². The Kier molecular flexibility index (Phi) is 5.64. The second-order valence-electron chi connectivity index (χ2n) is 9.69. The third-order valence-corrected chi connectivity index (χ3v) is 7.37. The molecule has 152 valence electrons. The Labute approximate surface area is 175 Å². The maximum Gasteiger partial charge on any atom is 0.259 e. The fourth-order valence-corrected chi connectivity index (χ4v) is 5.98. The van der Waals surface area contributed by atoms with Gasteiger partial charge in [-0.05, 0) is 45.2 Å². The van der Waals surface area contributed by atoms with Gasteiger partial charge < -0.3 is 4.89 Å². The van der Waals surface area contributed by atoms with Crippen molar-refractivity contribution in [2.24, 2.45) is 0 Å². The first-order chi connectivity index (χ1) is 13.4. The summed E-state index contributed by atoms with van der Waals surface area (Å²) in [6.07, 6.45) is 0.